The van der Waals surface area contributed by atoms with Gasteiger partial charge in [0.25, 0.3) is 0 Å². The van der Waals surface area contributed by atoms with Crippen molar-refractivity contribution < 1.29 is 18.6 Å². The first-order valence-electron chi connectivity index (χ1n) is 15.5. The van der Waals surface area contributed by atoms with Gasteiger partial charge in [0, 0.05) is 37.2 Å². The monoisotopic (exact) mass is 586 g/mol. The molecule has 2 aromatic carbocycles. The molecule has 2 aromatic heterocycles. The van der Waals surface area contributed by atoms with Crippen molar-refractivity contribution in [1.29, 1.82) is 0 Å². The topological polar surface area (TPSA) is 86.6 Å². The maximum Gasteiger partial charge on any atom is 0.319 e. The van der Waals surface area contributed by atoms with Crippen molar-refractivity contribution in [3.63, 3.8) is 0 Å². The molecular weight excluding hydrogens is 550 g/mol. The molecule has 10 heteroatoms. The zero-order valence-electron chi connectivity index (χ0n) is 24.6. The van der Waals surface area contributed by atoms with E-state index in [4.69, 9.17) is 19.7 Å². The maximum atomic E-state index is 17.0. The summed E-state index contributed by atoms with van der Waals surface area (Å²) in [4.78, 5) is 19.5. The molecule has 0 aliphatic carbocycles. The van der Waals surface area contributed by atoms with Gasteiger partial charge in [-0.2, -0.15) is 9.97 Å². The number of nitrogens with zero attached hydrogens (tertiary/aromatic N) is 5. The summed E-state index contributed by atoms with van der Waals surface area (Å²) in [5, 5.41) is 15.9. The summed E-state index contributed by atoms with van der Waals surface area (Å²) in [6.45, 7) is 8.74. The summed E-state index contributed by atoms with van der Waals surface area (Å²) in [6, 6.07) is 6.33. The minimum absolute atomic E-state index is 0.00623. The average molecular weight is 587 g/mol. The second-order valence-electron chi connectivity index (χ2n) is 12.9. The number of aromatic nitrogens is 3. The van der Waals surface area contributed by atoms with Gasteiger partial charge >= 0.3 is 6.01 Å². The van der Waals surface area contributed by atoms with Crippen LogP contribution in [-0.4, -0.2) is 75.9 Å². The molecule has 3 fully saturated rings. The predicted molar refractivity (Wildman–Crippen MR) is 162 cm³/mol. The molecule has 4 aliphatic rings. The number of hydrogen-bond donors (Lipinski definition) is 2. The van der Waals surface area contributed by atoms with Crippen LogP contribution in [0.15, 0.2) is 24.3 Å². The molecule has 0 saturated carbocycles. The normalized spacial score (nSPS) is 23.0. The van der Waals surface area contributed by atoms with E-state index in [9.17, 15) is 9.50 Å². The third kappa shape index (κ3) is 4.17. The van der Waals surface area contributed by atoms with E-state index in [1.165, 1.54) is 12.1 Å². The minimum atomic E-state index is -0.620. The molecule has 0 unspecified atom stereocenters. The Kier molecular flexibility index (Phi) is 6.24. The second-order valence-corrected chi connectivity index (χ2v) is 12.9. The Balaban J connectivity index is 1.35. The lowest BCUT2D eigenvalue weighted by Gasteiger charge is -2.37. The molecule has 8 nitrogen and oxygen atoms in total. The molecule has 0 bridgehead atoms. The lowest BCUT2D eigenvalue weighted by Crippen LogP contribution is -2.51. The van der Waals surface area contributed by atoms with E-state index in [0.29, 0.717) is 45.4 Å². The number of aromatic hydroxyl groups is 1. The molecule has 0 amide bonds. The van der Waals surface area contributed by atoms with E-state index >= 15 is 4.39 Å². The first-order valence-corrected chi connectivity index (χ1v) is 15.5. The van der Waals surface area contributed by atoms with Crippen molar-refractivity contribution in [1.82, 2.24) is 25.2 Å². The molecule has 0 spiro atoms. The number of anilines is 1. The van der Waals surface area contributed by atoms with Crippen molar-refractivity contribution in [2.75, 3.05) is 44.2 Å². The maximum absolute atomic E-state index is 17.0. The molecule has 8 rings (SSSR count). The first-order chi connectivity index (χ1) is 20.8. The standard InChI is InChI=1S/C33H36F2N6O2/c1-18-13-21-16-36-9-12-41(21)31-26-28(18)37-29(23-15-22(42)14-20-5-6-24(34)19(2)25(20)23)27(35)30(26)38-32(39-31)43-17-33-7-3-10-40(33)11-4-8-33/h5-6,14-15,18,21,36,42H,3-4,7-13,16-17H2,1-2H3/t18-,21+/m0/s1. The Bertz CT molecular complexity index is 1770. The van der Waals surface area contributed by atoms with E-state index in [0.717, 1.165) is 64.8 Å². The number of phenols is 1. The summed E-state index contributed by atoms with van der Waals surface area (Å²) in [5.41, 5.74) is 1.63. The molecule has 2 atom stereocenters. The number of rotatable bonds is 4. The summed E-state index contributed by atoms with van der Waals surface area (Å²) >= 11 is 0. The van der Waals surface area contributed by atoms with Crippen LogP contribution >= 0.6 is 0 Å². The number of pyridine rings is 1. The van der Waals surface area contributed by atoms with E-state index in [1.54, 1.807) is 19.1 Å². The number of benzene rings is 2. The van der Waals surface area contributed by atoms with Gasteiger partial charge in [-0.1, -0.05) is 13.0 Å². The summed E-state index contributed by atoms with van der Waals surface area (Å²) < 4.78 is 38.2. The zero-order valence-corrected chi connectivity index (χ0v) is 24.6. The third-order valence-corrected chi connectivity index (χ3v) is 10.3. The molecule has 2 N–H and O–H groups in total. The predicted octanol–water partition coefficient (Wildman–Crippen LogP) is 5.43. The second kappa shape index (κ2) is 9.95. The van der Waals surface area contributed by atoms with Crippen LogP contribution in [0.2, 0.25) is 0 Å². The largest absolute Gasteiger partial charge is 0.508 e. The van der Waals surface area contributed by atoms with Crippen LogP contribution in [0.3, 0.4) is 0 Å². The fourth-order valence-electron chi connectivity index (χ4n) is 8.19. The number of aryl methyl sites for hydroxylation is 1. The molecule has 6 heterocycles. The molecule has 43 heavy (non-hydrogen) atoms. The number of phenolic OH excluding ortho intramolecular Hbond substituents is 1. The smallest absolute Gasteiger partial charge is 0.319 e. The van der Waals surface area contributed by atoms with Gasteiger partial charge in [-0.3, -0.25) is 4.90 Å². The Hall–Kier alpha value is -3.63. The Morgan fingerprint density at radius 2 is 1.88 bits per heavy atom. The summed E-state index contributed by atoms with van der Waals surface area (Å²) in [5.74, 6) is -0.411. The quantitative estimate of drug-likeness (QED) is 0.328. The molecule has 3 saturated heterocycles. The van der Waals surface area contributed by atoms with Crippen LogP contribution in [0.5, 0.6) is 11.8 Å². The highest BCUT2D eigenvalue weighted by atomic mass is 19.1. The van der Waals surface area contributed by atoms with Crippen molar-refractivity contribution in [2.45, 2.75) is 63.5 Å². The first kappa shape index (κ1) is 27.0. The molecule has 224 valence electrons. The van der Waals surface area contributed by atoms with Crippen molar-refractivity contribution in [2.24, 2.45) is 0 Å². The van der Waals surface area contributed by atoms with Crippen LogP contribution in [0.25, 0.3) is 32.9 Å². The molecule has 4 aliphatic heterocycles. The number of fused-ring (bicyclic) bond motifs is 4. The Morgan fingerprint density at radius 1 is 1.07 bits per heavy atom. The van der Waals surface area contributed by atoms with Crippen LogP contribution in [0, 0.1) is 18.6 Å². The lowest BCUT2D eigenvalue weighted by atomic mass is 9.93. The van der Waals surface area contributed by atoms with E-state index in [2.05, 4.69) is 22.0 Å². The number of nitrogens with one attached hydrogen (secondary N) is 1. The lowest BCUT2D eigenvalue weighted by molar-refractivity contribution is 0.108. The zero-order chi connectivity index (χ0) is 29.5. The fraction of sp³-hybridized carbons (Fsp3) is 0.485. The minimum Gasteiger partial charge on any atom is -0.508 e. The van der Waals surface area contributed by atoms with Crippen LogP contribution < -0.4 is 15.0 Å². The molecule has 4 aromatic rings. The van der Waals surface area contributed by atoms with Gasteiger partial charge in [0.05, 0.1) is 16.6 Å². The van der Waals surface area contributed by atoms with Gasteiger partial charge < -0.3 is 20.1 Å². The highest BCUT2D eigenvalue weighted by molar-refractivity contribution is 6.02. The van der Waals surface area contributed by atoms with Gasteiger partial charge in [0.1, 0.15) is 35.2 Å². The SMILES string of the molecule is Cc1c(F)ccc2cc(O)cc(-c3nc4c5c(nc(OCC67CCCN6CCC7)nc5c3F)N3CCNC[C@H]3C[C@@H]4C)c12. The fourth-order valence-corrected chi connectivity index (χ4v) is 8.19. The van der Waals surface area contributed by atoms with Gasteiger partial charge in [-0.05, 0) is 86.7 Å². The number of hydrogen-bond acceptors (Lipinski definition) is 8. The molecule has 0 radical (unpaired) electrons. The highest BCUT2D eigenvalue weighted by Crippen LogP contribution is 2.45. The van der Waals surface area contributed by atoms with Crippen LogP contribution in [-0.2, 0) is 0 Å². The van der Waals surface area contributed by atoms with Gasteiger partial charge in [0.15, 0.2) is 5.82 Å². The van der Waals surface area contributed by atoms with Gasteiger partial charge in [-0.25, -0.2) is 13.8 Å². The van der Waals surface area contributed by atoms with Crippen molar-refractivity contribution in [3.05, 3.63) is 47.2 Å². The summed E-state index contributed by atoms with van der Waals surface area (Å²) in [6.07, 6.45) is 5.27. The van der Waals surface area contributed by atoms with Crippen LogP contribution in [0.1, 0.15) is 56.2 Å². The van der Waals surface area contributed by atoms with E-state index < -0.39 is 11.6 Å². The van der Waals surface area contributed by atoms with Crippen molar-refractivity contribution in [3.8, 4) is 23.0 Å². The highest BCUT2D eigenvalue weighted by Gasteiger charge is 2.45. The Morgan fingerprint density at radius 3 is 2.70 bits per heavy atom. The summed E-state index contributed by atoms with van der Waals surface area (Å²) in [7, 11) is 0. The Labute approximate surface area is 249 Å². The van der Waals surface area contributed by atoms with E-state index in [1.807, 2.05) is 0 Å². The average Bonchev–Trinajstić information content (AvgIpc) is 3.55. The number of piperazine rings is 1. The van der Waals surface area contributed by atoms with Crippen molar-refractivity contribution >= 4 is 27.5 Å². The number of halogens is 2. The third-order valence-electron chi connectivity index (χ3n) is 10.3. The van der Waals surface area contributed by atoms with Crippen LogP contribution in [0.4, 0.5) is 14.6 Å². The van der Waals surface area contributed by atoms with E-state index in [-0.39, 0.29) is 40.5 Å². The van der Waals surface area contributed by atoms with Gasteiger partial charge in [-0.15, -0.1) is 0 Å². The number of ether oxygens (including phenoxy) is 1. The van der Waals surface area contributed by atoms with Gasteiger partial charge in [0.2, 0.25) is 0 Å². The molecular formula is C33H36F2N6O2.